The third kappa shape index (κ3) is 2.22. The van der Waals surface area contributed by atoms with E-state index >= 15 is 0 Å². The van der Waals surface area contributed by atoms with Gasteiger partial charge in [-0.1, -0.05) is 5.16 Å². The molecule has 2 fully saturated rings. The SMILES string of the molecule is CC1(c2nc(C3CCNCC3)no2)CCCS1. The van der Waals surface area contributed by atoms with Crippen LogP contribution in [0.4, 0.5) is 0 Å². The first-order valence-electron chi connectivity index (χ1n) is 6.47. The molecule has 0 spiro atoms. The van der Waals surface area contributed by atoms with Gasteiger partial charge in [-0.3, -0.25) is 0 Å². The quantitative estimate of drug-likeness (QED) is 0.876. The van der Waals surface area contributed by atoms with E-state index in [-0.39, 0.29) is 4.75 Å². The van der Waals surface area contributed by atoms with Gasteiger partial charge in [0.1, 0.15) is 0 Å². The van der Waals surface area contributed by atoms with Crippen LogP contribution in [0.2, 0.25) is 0 Å². The fourth-order valence-electron chi connectivity index (χ4n) is 2.64. The van der Waals surface area contributed by atoms with Crippen LogP contribution in [0.15, 0.2) is 4.52 Å². The number of aromatic nitrogens is 2. The van der Waals surface area contributed by atoms with Crippen LogP contribution < -0.4 is 5.32 Å². The second-order valence-corrected chi connectivity index (χ2v) is 6.76. The monoisotopic (exact) mass is 253 g/mol. The van der Waals surface area contributed by atoms with Gasteiger partial charge in [0.15, 0.2) is 5.82 Å². The maximum atomic E-state index is 5.50. The standard InChI is InChI=1S/C12H19N3OS/c1-12(5-2-8-17-12)11-14-10(15-16-11)9-3-6-13-7-4-9/h9,13H,2-8H2,1H3. The molecule has 2 aliphatic rings. The highest BCUT2D eigenvalue weighted by Crippen LogP contribution is 2.45. The van der Waals surface area contributed by atoms with Crippen molar-refractivity contribution in [1.29, 1.82) is 0 Å². The Hall–Kier alpha value is -0.550. The molecule has 0 aliphatic carbocycles. The number of thioether (sulfide) groups is 1. The van der Waals surface area contributed by atoms with Gasteiger partial charge in [0.05, 0.1) is 4.75 Å². The van der Waals surface area contributed by atoms with Crippen LogP contribution in [-0.2, 0) is 4.75 Å². The molecule has 2 aliphatic heterocycles. The van der Waals surface area contributed by atoms with Crippen molar-refractivity contribution in [1.82, 2.24) is 15.5 Å². The summed E-state index contributed by atoms with van der Waals surface area (Å²) in [5.41, 5.74) is 0. The smallest absolute Gasteiger partial charge is 0.242 e. The molecule has 2 saturated heterocycles. The van der Waals surface area contributed by atoms with Gasteiger partial charge < -0.3 is 9.84 Å². The Morgan fingerprint density at radius 1 is 1.41 bits per heavy atom. The summed E-state index contributed by atoms with van der Waals surface area (Å²) < 4.78 is 5.57. The summed E-state index contributed by atoms with van der Waals surface area (Å²) in [5, 5.41) is 7.57. The second-order valence-electron chi connectivity index (χ2n) is 5.16. The van der Waals surface area contributed by atoms with Crippen LogP contribution in [0.5, 0.6) is 0 Å². The van der Waals surface area contributed by atoms with Crippen LogP contribution in [0.25, 0.3) is 0 Å². The fourth-order valence-corrected chi connectivity index (χ4v) is 3.88. The number of rotatable bonds is 2. The lowest BCUT2D eigenvalue weighted by molar-refractivity contribution is 0.334. The zero-order chi connectivity index (χ0) is 11.7. The molecular weight excluding hydrogens is 234 g/mol. The zero-order valence-electron chi connectivity index (χ0n) is 10.2. The molecule has 0 saturated carbocycles. The zero-order valence-corrected chi connectivity index (χ0v) is 11.1. The van der Waals surface area contributed by atoms with E-state index in [1.54, 1.807) is 0 Å². The van der Waals surface area contributed by atoms with Gasteiger partial charge in [-0.2, -0.15) is 4.98 Å². The molecule has 1 aromatic rings. The topological polar surface area (TPSA) is 51.0 Å². The minimum absolute atomic E-state index is 0.0676. The fraction of sp³-hybridized carbons (Fsp3) is 0.833. The molecular formula is C12H19N3OS. The minimum atomic E-state index is 0.0676. The van der Waals surface area contributed by atoms with Gasteiger partial charge in [-0.15, -0.1) is 11.8 Å². The van der Waals surface area contributed by atoms with E-state index in [1.807, 2.05) is 11.8 Å². The van der Waals surface area contributed by atoms with Gasteiger partial charge in [0, 0.05) is 5.92 Å². The molecule has 1 N–H and O–H groups in total. The first-order chi connectivity index (χ1) is 8.28. The van der Waals surface area contributed by atoms with Gasteiger partial charge >= 0.3 is 0 Å². The van der Waals surface area contributed by atoms with Gasteiger partial charge in [-0.25, -0.2) is 0 Å². The van der Waals surface area contributed by atoms with Crippen molar-refractivity contribution in [2.75, 3.05) is 18.8 Å². The average Bonchev–Trinajstić information content (AvgIpc) is 2.99. The Bertz CT molecular complexity index is 381. The van der Waals surface area contributed by atoms with Crippen molar-refractivity contribution in [3.63, 3.8) is 0 Å². The van der Waals surface area contributed by atoms with Crippen molar-refractivity contribution >= 4 is 11.8 Å². The summed E-state index contributed by atoms with van der Waals surface area (Å²) in [6.07, 6.45) is 4.67. The number of nitrogens with zero attached hydrogens (tertiary/aromatic N) is 2. The molecule has 94 valence electrons. The number of hydrogen-bond acceptors (Lipinski definition) is 5. The van der Waals surface area contributed by atoms with Gasteiger partial charge in [-0.05, 0) is 51.4 Å². The summed E-state index contributed by atoms with van der Waals surface area (Å²) in [4.78, 5) is 4.66. The Labute approximate surface area is 106 Å². The van der Waals surface area contributed by atoms with Crippen LogP contribution in [-0.4, -0.2) is 29.0 Å². The molecule has 17 heavy (non-hydrogen) atoms. The van der Waals surface area contributed by atoms with E-state index < -0.39 is 0 Å². The number of piperidine rings is 1. The normalized spacial score (nSPS) is 30.9. The highest BCUT2D eigenvalue weighted by molar-refractivity contribution is 8.00. The Morgan fingerprint density at radius 2 is 2.24 bits per heavy atom. The Morgan fingerprint density at radius 3 is 2.94 bits per heavy atom. The third-order valence-electron chi connectivity index (χ3n) is 3.82. The highest BCUT2D eigenvalue weighted by atomic mass is 32.2. The second kappa shape index (κ2) is 4.61. The predicted octanol–water partition coefficient (Wildman–Crippen LogP) is 2.28. The van der Waals surface area contributed by atoms with Gasteiger partial charge in [0.25, 0.3) is 0 Å². The minimum Gasteiger partial charge on any atom is -0.338 e. The first kappa shape index (κ1) is 11.5. The summed E-state index contributed by atoms with van der Waals surface area (Å²) in [7, 11) is 0. The molecule has 0 radical (unpaired) electrons. The molecule has 1 atom stereocenters. The van der Waals surface area contributed by atoms with E-state index in [2.05, 4.69) is 22.4 Å². The average molecular weight is 253 g/mol. The predicted molar refractivity (Wildman–Crippen MR) is 68.2 cm³/mol. The molecule has 0 amide bonds. The summed E-state index contributed by atoms with van der Waals surface area (Å²) in [6, 6.07) is 0. The summed E-state index contributed by atoms with van der Waals surface area (Å²) in [6.45, 7) is 4.37. The Kier molecular flexibility index (Phi) is 3.13. The maximum Gasteiger partial charge on any atom is 0.242 e. The molecule has 5 heteroatoms. The Balaban J connectivity index is 1.77. The van der Waals surface area contributed by atoms with Crippen LogP contribution in [0, 0.1) is 0 Å². The van der Waals surface area contributed by atoms with Crippen molar-refractivity contribution < 1.29 is 4.52 Å². The summed E-state index contributed by atoms with van der Waals surface area (Å²) in [5.74, 6) is 3.47. The van der Waals surface area contributed by atoms with Crippen LogP contribution in [0.1, 0.15) is 50.2 Å². The molecule has 4 nitrogen and oxygen atoms in total. The van der Waals surface area contributed by atoms with Crippen molar-refractivity contribution in [3.05, 3.63) is 11.7 Å². The highest BCUT2D eigenvalue weighted by Gasteiger charge is 2.37. The van der Waals surface area contributed by atoms with E-state index in [4.69, 9.17) is 4.52 Å². The lowest BCUT2D eigenvalue weighted by Gasteiger charge is -2.19. The number of hydrogen-bond donors (Lipinski definition) is 1. The lowest BCUT2D eigenvalue weighted by atomic mass is 9.97. The molecule has 0 aromatic carbocycles. The van der Waals surface area contributed by atoms with E-state index in [1.165, 1.54) is 12.2 Å². The first-order valence-corrected chi connectivity index (χ1v) is 7.45. The van der Waals surface area contributed by atoms with Crippen molar-refractivity contribution in [2.45, 2.75) is 43.3 Å². The number of nitrogens with one attached hydrogen (secondary N) is 1. The third-order valence-corrected chi connectivity index (χ3v) is 5.33. The van der Waals surface area contributed by atoms with E-state index in [0.29, 0.717) is 5.92 Å². The molecule has 1 aromatic heterocycles. The van der Waals surface area contributed by atoms with Gasteiger partial charge in [0.2, 0.25) is 5.89 Å². The van der Waals surface area contributed by atoms with Crippen LogP contribution >= 0.6 is 11.8 Å². The van der Waals surface area contributed by atoms with E-state index in [0.717, 1.165) is 44.1 Å². The lowest BCUT2D eigenvalue weighted by Crippen LogP contribution is -2.27. The van der Waals surface area contributed by atoms with Crippen LogP contribution in [0.3, 0.4) is 0 Å². The molecule has 1 unspecified atom stereocenters. The largest absolute Gasteiger partial charge is 0.338 e. The molecule has 0 bridgehead atoms. The van der Waals surface area contributed by atoms with E-state index in [9.17, 15) is 0 Å². The molecule has 3 rings (SSSR count). The van der Waals surface area contributed by atoms with Crippen molar-refractivity contribution in [2.24, 2.45) is 0 Å². The van der Waals surface area contributed by atoms with Crippen molar-refractivity contribution in [3.8, 4) is 0 Å². The molecule has 3 heterocycles. The summed E-state index contributed by atoms with van der Waals surface area (Å²) >= 11 is 1.95. The maximum absolute atomic E-state index is 5.50.